The van der Waals surface area contributed by atoms with E-state index in [4.69, 9.17) is 9.47 Å². The van der Waals surface area contributed by atoms with E-state index in [1.54, 1.807) is 25.3 Å². The predicted octanol–water partition coefficient (Wildman–Crippen LogP) is 5.86. The minimum Gasteiger partial charge on any atom is -0.507 e. The number of ketones is 1. The van der Waals surface area contributed by atoms with E-state index in [-0.39, 0.29) is 29.3 Å². The Balaban J connectivity index is 1.61. The van der Waals surface area contributed by atoms with Crippen molar-refractivity contribution in [2.75, 3.05) is 0 Å². The second-order valence-electron chi connectivity index (χ2n) is 9.73. The number of benzene rings is 2. The number of fused-ring (bicyclic) bond motifs is 3. The fraction of sp³-hybridized carbons (Fsp3) is 0.333. The third kappa shape index (κ3) is 5.26. The minimum atomic E-state index is -0.644. The Morgan fingerprint density at radius 1 is 1.05 bits per heavy atom. The van der Waals surface area contributed by atoms with Crippen LogP contribution >= 0.6 is 0 Å². The molecule has 0 fully saturated rings. The summed E-state index contributed by atoms with van der Waals surface area (Å²) < 4.78 is 11.2. The molecule has 0 saturated carbocycles. The number of allylic oxidation sites excluding steroid dienone is 1. The van der Waals surface area contributed by atoms with E-state index in [0.717, 1.165) is 16.5 Å². The zero-order valence-corrected chi connectivity index (χ0v) is 20.7. The minimum absolute atomic E-state index is 0.0282. The summed E-state index contributed by atoms with van der Waals surface area (Å²) in [5, 5.41) is 12.4. The van der Waals surface area contributed by atoms with Crippen LogP contribution in [-0.4, -0.2) is 33.9 Å². The summed E-state index contributed by atoms with van der Waals surface area (Å²) in [7, 11) is 0. The number of carbonyl (C=O) groups is 3. The first-order valence-corrected chi connectivity index (χ1v) is 12.7. The standard InChI is InChI=1S/C30H29NO6/c1-18-7-5-11-22(32)10-4-2-3-8-21-16-25-28(29(34)27(21)30(35)36-18)23(17-26(33)37-25)19-12-13-24-20(15-19)9-6-14-31-24/h3,6,8-9,12-16,18,23,34H,2,4-5,7,10-11,17H2,1H3/t18-,23+/m1/s1. The Labute approximate surface area is 215 Å². The molecule has 1 aromatic heterocycles. The van der Waals surface area contributed by atoms with Crippen LogP contribution in [0.1, 0.15) is 84.8 Å². The van der Waals surface area contributed by atoms with Gasteiger partial charge in [-0.2, -0.15) is 0 Å². The maximum absolute atomic E-state index is 13.3. The lowest BCUT2D eigenvalue weighted by atomic mass is 9.83. The van der Waals surface area contributed by atoms with Crippen LogP contribution in [0.25, 0.3) is 17.0 Å². The van der Waals surface area contributed by atoms with Gasteiger partial charge in [-0.3, -0.25) is 14.6 Å². The van der Waals surface area contributed by atoms with Crippen molar-refractivity contribution in [1.82, 2.24) is 4.98 Å². The van der Waals surface area contributed by atoms with Crippen LogP contribution < -0.4 is 4.74 Å². The largest absolute Gasteiger partial charge is 0.507 e. The van der Waals surface area contributed by atoms with Crippen LogP contribution in [-0.2, 0) is 14.3 Å². The Morgan fingerprint density at radius 3 is 2.76 bits per heavy atom. The molecule has 0 saturated heterocycles. The van der Waals surface area contributed by atoms with Gasteiger partial charge in [0.1, 0.15) is 22.8 Å². The smallest absolute Gasteiger partial charge is 0.342 e. The number of phenolic OH excluding ortho intramolecular Hbond substituents is 1. The molecule has 3 aromatic rings. The van der Waals surface area contributed by atoms with E-state index in [0.29, 0.717) is 49.7 Å². The van der Waals surface area contributed by atoms with Crippen molar-refractivity contribution in [2.45, 2.75) is 63.9 Å². The van der Waals surface area contributed by atoms with Gasteiger partial charge in [0.25, 0.3) is 0 Å². The lowest BCUT2D eigenvalue weighted by Crippen LogP contribution is -2.23. The van der Waals surface area contributed by atoms with Gasteiger partial charge < -0.3 is 14.6 Å². The highest BCUT2D eigenvalue weighted by Gasteiger charge is 2.35. The van der Waals surface area contributed by atoms with Gasteiger partial charge in [-0.15, -0.1) is 0 Å². The first kappa shape index (κ1) is 24.7. The average molecular weight is 500 g/mol. The van der Waals surface area contributed by atoms with Crippen molar-refractivity contribution in [3.8, 4) is 11.5 Å². The molecular formula is C30H29NO6. The van der Waals surface area contributed by atoms with Crippen molar-refractivity contribution in [3.63, 3.8) is 0 Å². The molecule has 2 aliphatic heterocycles. The van der Waals surface area contributed by atoms with Crippen LogP contribution in [0.15, 0.2) is 48.7 Å². The number of ether oxygens (including phenoxy) is 2. The van der Waals surface area contributed by atoms with E-state index in [2.05, 4.69) is 4.98 Å². The lowest BCUT2D eigenvalue weighted by Gasteiger charge is -2.28. The first-order chi connectivity index (χ1) is 17.9. The summed E-state index contributed by atoms with van der Waals surface area (Å²) in [6.45, 7) is 1.78. The number of cyclic esters (lactones) is 1. The summed E-state index contributed by atoms with van der Waals surface area (Å²) in [5.41, 5.74) is 2.50. The van der Waals surface area contributed by atoms with Gasteiger partial charge in [-0.05, 0) is 68.0 Å². The zero-order chi connectivity index (χ0) is 25.9. The number of hydrogen-bond acceptors (Lipinski definition) is 7. The monoisotopic (exact) mass is 499 g/mol. The molecule has 5 rings (SSSR count). The van der Waals surface area contributed by atoms with Crippen molar-refractivity contribution in [1.29, 1.82) is 0 Å². The van der Waals surface area contributed by atoms with Crippen LogP contribution in [0.2, 0.25) is 0 Å². The molecule has 7 nitrogen and oxygen atoms in total. The summed E-state index contributed by atoms with van der Waals surface area (Å²) in [5.74, 6) is -1.36. The quantitative estimate of drug-likeness (QED) is 0.330. The normalized spacial score (nSPS) is 20.9. The maximum Gasteiger partial charge on any atom is 0.342 e. The van der Waals surface area contributed by atoms with Crippen molar-refractivity contribution < 1.29 is 29.0 Å². The molecule has 2 aliphatic rings. The van der Waals surface area contributed by atoms with Crippen LogP contribution in [0.3, 0.4) is 0 Å². The van der Waals surface area contributed by atoms with E-state index in [1.807, 2.05) is 36.4 Å². The molecule has 3 heterocycles. The molecule has 0 bridgehead atoms. The van der Waals surface area contributed by atoms with E-state index >= 15 is 0 Å². The van der Waals surface area contributed by atoms with Gasteiger partial charge in [0.2, 0.25) is 0 Å². The zero-order valence-electron chi connectivity index (χ0n) is 20.7. The Morgan fingerprint density at radius 2 is 1.89 bits per heavy atom. The third-order valence-corrected chi connectivity index (χ3v) is 7.01. The fourth-order valence-electron chi connectivity index (χ4n) is 5.11. The summed E-state index contributed by atoms with van der Waals surface area (Å²) in [6.07, 6.45) is 8.41. The average Bonchev–Trinajstić information content (AvgIpc) is 2.87. The highest BCUT2D eigenvalue weighted by molar-refractivity contribution is 5.98. The number of carbonyl (C=O) groups excluding carboxylic acids is 3. The highest BCUT2D eigenvalue weighted by atomic mass is 16.5. The molecular weight excluding hydrogens is 470 g/mol. The molecule has 2 atom stereocenters. The molecule has 190 valence electrons. The summed E-state index contributed by atoms with van der Waals surface area (Å²) >= 11 is 0. The maximum atomic E-state index is 13.3. The number of hydrogen-bond donors (Lipinski definition) is 1. The number of Topliss-reactive ketones (excluding diaryl/α,β-unsaturated/α-hetero) is 1. The van der Waals surface area contributed by atoms with E-state index in [9.17, 15) is 19.5 Å². The number of phenols is 1. The Hall–Kier alpha value is -4.00. The molecule has 2 aromatic carbocycles. The van der Waals surface area contributed by atoms with Gasteiger partial charge >= 0.3 is 11.9 Å². The van der Waals surface area contributed by atoms with Crippen LogP contribution in [0.4, 0.5) is 0 Å². The molecule has 7 heteroatoms. The van der Waals surface area contributed by atoms with E-state index in [1.165, 1.54) is 0 Å². The second-order valence-corrected chi connectivity index (χ2v) is 9.73. The Kier molecular flexibility index (Phi) is 7.04. The second kappa shape index (κ2) is 10.5. The number of pyridine rings is 1. The number of rotatable bonds is 1. The van der Waals surface area contributed by atoms with E-state index < -0.39 is 24.0 Å². The molecule has 1 N–H and O–H groups in total. The predicted molar refractivity (Wildman–Crippen MR) is 139 cm³/mol. The summed E-state index contributed by atoms with van der Waals surface area (Å²) in [4.78, 5) is 42.4. The van der Waals surface area contributed by atoms with Gasteiger partial charge in [-0.1, -0.05) is 24.3 Å². The number of esters is 2. The van der Waals surface area contributed by atoms with Gasteiger partial charge in [-0.25, -0.2) is 4.79 Å². The van der Waals surface area contributed by atoms with Crippen LogP contribution in [0.5, 0.6) is 11.5 Å². The van der Waals surface area contributed by atoms with Crippen molar-refractivity contribution in [3.05, 3.63) is 70.9 Å². The van der Waals surface area contributed by atoms with Gasteiger partial charge in [0, 0.05) is 35.9 Å². The topological polar surface area (TPSA) is 103 Å². The molecule has 0 amide bonds. The molecule has 0 spiro atoms. The molecule has 0 radical (unpaired) electrons. The van der Waals surface area contributed by atoms with Gasteiger partial charge in [0.05, 0.1) is 18.0 Å². The number of aromatic nitrogens is 1. The third-order valence-electron chi connectivity index (χ3n) is 7.01. The van der Waals surface area contributed by atoms with Crippen molar-refractivity contribution in [2.24, 2.45) is 0 Å². The van der Waals surface area contributed by atoms with Crippen LogP contribution in [0, 0.1) is 0 Å². The first-order valence-electron chi connectivity index (χ1n) is 12.7. The fourth-order valence-corrected chi connectivity index (χ4v) is 5.11. The lowest BCUT2D eigenvalue weighted by molar-refractivity contribution is -0.135. The number of nitrogens with zero attached hydrogens (tertiary/aromatic N) is 1. The molecule has 0 aliphatic carbocycles. The highest BCUT2D eigenvalue weighted by Crippen LogP contribution is 2.47. The summed E-state index contributed by atoms with van der Waals surface area (Å²) in [6, 6.07) is 11.1. The SMILES string of the molecule is C[C@@H]1CCCC(=O)CCCC=Cc2cc3c(c(O)c2C(=O)O1)[C@H](c1ccc2ncccc2c1)CC(=O)O3. The Bertz CT molecular complexity index is 1410. The van der Waals surface area contributed by atoms with Crippen molar-refractivity contribution >= 4 is 34.7 Å². The van der Waals surface area contributed by atoms with Gasteiger partial charge in [0.15, 0.2) is 0 Å². The molecule has 37 heavy (non-hydrogen) atoms. The number of aromatic hydroxyl groups is 1. The molecule has 0 unspecified atom stereocenters.